The summed E-state index contributed by atoms with van der Waals surface area (Å²) in [5.41, 5.74) is 11.4. The molecule has 37 heavy (non-hydrogen) atoms. The van der Waals surface area contributed by atoms with Crippen LogP contribution < -0.4 is 11.1 Å². The standard InChI is InChI=1S/C26H24ClFN6O3/c1-14-7-22(26(35)36-2)30-10-18(14)15-8-23-24(32-17-5-6-37-13-17)19(11-31-34(23)12-15)25(29)33-21-9-16(28)3-4-20(21)27/h3-4,7-12,17,32H,5-6,13H2,1-2H3,(H2,29,33)/t17-/m0/s1. The zero-order valence-electron chi connectivity index (χ0n) is 20.2. The van der Waals surface area contributed by atoms with Gasteiger partial charge < -0.3 is 20.5 Å². The molecule has 3 N–H and O–H groups in total. The summed E-state index contributed by atoms with van der Waals surface area (Å²) in [5, 5.41) is 8.34. The summed E-state index contributed by atoms with van der Waals surface area (Å²) < 4.78 is 25.8. The van der Waals surface area contributed by atoms with E-state index in [0.29, 0.717) is 24.5 Å². The minimum absolute atomic E-state index is 0.0663. The summed E-state index contributed by atoms with van der Waals surface area (Å²) in [4.78, 5) is 20.5. The Morgan fingerprint density at radius 3 is 2.89 bits per heavy atom. The summed E-state index contributed by atoms with van der Waals surface area (Å²) in [7, 11) is 1.32. The summed E-state index contributed by atoms with van der Waals surface area (Å²) in [5.74, 6) is -0.835. The van der Waals surface area contributed by atoms with Gasteiger partial charge in [0.2, 0.25) is 0 Å². The third-order valence-electron chi connectivity index (χ3n) is 6.16. The Kier molecular flexibility index (Phi) is 6.77. The predicted octanol–water partition coefficient (Wildman–Crippen LogP) is 4.52. The van der Waals surface area contributed by atoms with E-state index in [0.717, 1.165) is 28.6 Å². The normalized spacial score (nSPS) is 15.8. The van der Waals surface area contributed by atoms with E-state index in [1.54, 1.807) is 23.0 Å². The molecule has 3 aromatic heterocycles. The molecule has 9 nitrogen and oxygen atoms in total. The molecule has 0 saturated carbocycles. The van der Waals surface area contributed by atoms with Crippen LogP contribution in [0.4, 0.5) is 15.8 Å². The van der Waals surface area contributed by atoms with Crippen molar-refractivity contribution in [3.8, 4) is 11.1 Å². The Hall–Kier alpha value is -4.02. The molecule has 0 unspecified atom stereocenters. The lowest BCUT2D eigenvalue weighted by molar-refractivity contribution is 0.0594. The van der Waals surface area contributed by atoms with E-state index in [9.17, 15) is 9.18 Å². The molecule has 1 aliphatic rings. The maximum Gasteiger partial charge on any atom is 0.356 e. The Labute approximate surface area is 217 Å². The number of carbonyl (C=O) groups is 1. The van der Waals surface area contributed by atoms with Crippen LogP contribution in [0, 0.1) is 12.7 Å². The number of nitrogens with one attached hydrogen (secondary N) is 1. The van der Waals surface area contributed by atoms with Gasteiger partial charge in [0.25, 0.3) is 0 Å². The van der Waals surface area contributed by atoms with Crippen LogP contribution >= 0.6 is 11.6 Å². The third-order valence-corrected chi connectivity index (χ3v) is 6.48. The molecule has 1 saturated heterocycles. The van der Waals surface area contributed by atoms with E-state index in [4.69, 9.17) is 26.8 Å². The van der Waals surface area contributed by atoms with Gasteiger partial charge in [-0.1, -0.05) is 11.6 Å². The summed E-state index contributed by atoms with van der Waals surface area (Å²) >= 11 is 6.21. The smallest absolute Gasteiger partial charge is 0.356 e. The van der Waals surface area contributed by atoms with Crippen LogP contribution in [0.3, 0.4) is 0 Å². The van der Waals surface area contributed by atoms with Gasteiger partial charge in [-0.2, -0.15) is 5.10 Å². The van der Waals surface area contributed by atoms with Crippen molar-refractivity contribution < 1.29 is 18.7 Å². The second kappa shape index (κ2) is 10.2. The number of fused-ring (bicyclic) bond motifs is 1. The maximum absolute atomic E-state index is 13.8. The van der Waals surface area contributed by atoms with Crippen LogP contribution in [0.5, 0.6) is 0 Å². The second-order valence-corrected chi connectivity index (χ2v) is 9.07. The van der Waals surface area contributed by atoms with Crippen LogP contribution in [0.2, 0.25) is 5.02 Å². The first-order valence-corrected chi connectivity index (χ1v) is 11.9. The fraction of sp³-hybridized carbons (Fsp3) is 0.231. The minimum Gasteiger partial charge on any atom is -0.464 e. The third kappa shape index (κ3) is 4.98. The average molecular weight is 523 g/mol. The summed E-state index contributed by atoms with van der Waals surface area (Å²) in [6.45, 7) is 3.10. The highest BCUT2D eigenvalue weighted by Gasteiger charge is 2.22. The van der Waals surface area contributed by atoms with Gasteiger partial charge in [0.15, 0.2) is 0 Å². The number of rotatable bonds is 6. The minimum atomic E-state index is -0.499. The van der Waals surface area contributed by atoms with Gasteiger partial charge in [0.05, 0.1) is 53.4 Å². The zero-order chi connectivity index (χ0) is 26.1. The number of esters is 1. The predicted molar refractivity (Wildman–Crippen MR) is 139 cm³/mol. The van der Waals surface area contributed by atoms with Gasteiger partial charge in [-0.25, -0.2) is 23.7 Å². The molecule has 11 heteroatoms. The van der Waals surface area contributed by atoms with Crippen molar-refractivity contribution in [2.45, 2.75) is 19.4 Å². The highest BCUT2D eigenvalue weighted by molar-refractivity contribution is 6.33. The lowest BCUT2D eigenvalue weighted by atomic mass is 10.0. The van der Waals surface area contributed by atoms with Crippen LogP contribution in [0.15, 0.2) is 53.9 Å². The lowest BCUT2D eigenvalue weighted by Gasteiger charge is -2.17. The molecule has 0 aliphatic carbocycles. The second-order valence-electron chi connectivity index (χ2n) is 8.67. The number of pyridine rings is 1. The van der Waals surface area contributed by atoms with Crippen LogP contribution in [-0.4, -0.2) is 52.8 Å². The lowest BCUT2D eigenvalue weighted by Crippen LogP contribution is -2.24. The van der Waals surface area contributed by atoms with Crippen molar-refractivity contribution in [3.63, 3.8) is 0 Å². The molecule has 0 amide bonds. The van der Waals surface area contributed by atoms with Crippen LogP contribution in [-0.2, 0) is 9.47 Å². The molecular formula is C26H24ClFN6O3. The van der Waals surface area contributed by atoms with Gasteiger partial charge in [0.1, 0.15) is 17.3 Å². The molecule has 190 valence electrons. The maximum atomic E-state index is 13.8. The number of halogens is 2. The number of nitrogens with zero attached hydrogens (tertiary/aromatic N) is 4. The average Bonchev–Trinajstić information content (AvgIpc) is 3.56. The van der Waals surface area contributed by atoms with Gasteiger partial charge in [-0.05, 0) is 43.2 Å². The highest BCUT2D eigenvalue weighted by atomic mass is 35.5. The Balaban J connectivity index is 1.62. The number of methoxy groups -OCH3 is 1. The van der Waals surface area contributed by atoms with Crippen LogP contribution in [0.1, 0.15) is 28.0 Å². The summed E-state index contributed by atoms with van der Waals surface area (Å²) in [6, 6.07) is 7.62. The molecule has 1 atom stereocenters. The van der Waals surface area contributed by atoms with Gasteiger partial charge in [-0.3, -0.25) is 0 Å². The SMILES string of the molecule is COC(=O)c1cc(C)c(-c2cc3c(N[C@H]4CCOC4)c(C(N)=Nc4cc(F)ccc4Cl)cnn3c2)cn1. The molecule has 5 rings (SSSR count). The zero-order valence-corrected chi connectivity index (χ0v) is 20.9. The number of anilines is 1. The molecule has 0 radical (unpaired) electrons. The van der Waals surface area contributed by atoms with E-state index in [2.05, 4.69) is 20.4 Å². The first kappa shape index (κ1) is 24.7. The van der Waals surface area contributed by atoms with Crippen molar-refractivity contribution >= 4 is 40.3 Å². The largest absolute Gasteiger partial charge is 0.464 e. The van der Waals surface area contributed by atoms with Crippen molar-refractivity contribution in [1.29, 1.82) is 0 Å². The molecule has 0 bridgehead atoms. The number of ether oxygens (including phenoxy) is 2. The van der Waals surface area contributed by atoms with E-state index in [1.807, 2.05) is 19.2 Å². The Morgan fingerprint density at radius 2 is 2.16 bits per heavy atom. The van der Waals surface area contributed by atoms with Gasteiger partial charge in [0, 0.05) is 36.2 Å². The number of benzene rings is 1. The van der Waals surface area contributed by atoms with E-state index < -0.39 is 11.8 Å². The molecule has 4 heterocycles. The number of amidine groups is 1. The fourth-order valence-corrected chi connectivity index (χ4v) is 4.40. The number of hydrogen-bond acceptors (Lipinski definition) is 7. The van der Waals surface area contributed by atoms with E-state index in [1.165, 1.54) is 25.3 Å². The number of hydrogen-bond donors (Lipinski definition) is 2. The first-order chi connectivity index (χ1) is 17.8. The molecule has 1 aromatic carbocycles. The van der Waals surface area contributed by atoms with E-state index in [-0.39, 0.29) is 28.3 Å². The molecule has 1 fully saturated rings. The van der Waals surface area contributed by atoms with Crippen molar-refractivity contribution in [2.24, 2.45) is 10.7 Å². The molecule has 0 spiro atoms. The van der Waals surface area contributed by atoms with Gasteiger partial charge >= 0.3 is 5.97 Å². The number of aryl methyl sites for hydroxylation is 1. The molecular weight excluding hydrogens is 499 g/mol. The molecule has 1 aliphatic heterocycles. The highest BCUT2D eigenvalue weighted by Crippen LogP contribution is 2.32. The first-order valence-electron chi connectivity index (χ1n) is 11.5. The van der Waals surface area contributed by atoms with Crippen molar-refractivity contribution in [1.82, 2.24) is 14.6 Å². The van der Waals surface area contributed by atoms with E-state index >= 15 is 0 Å². The van der Waals surface area contributed by atoms with Crippen molar-refractivity contribution in [3.05, 3.63) is 76.6 Å². The number of nitrogens with two attached hydrogens (primary N) is 1. The Bertz CT molecular complexity index is 1530. The van der Waals surface area contributed by atoms with Crippen LogP contribution in [0.25, 0.3) is 16.6 Å². The fourth-order valence-electron chi connectivity index (χ4n) is 4.24. The monoisotopic (exact) mass is 522 g/mol. The van der Waals surface area contributed by atoms with Crippen molar-refractivity contribution in [2.75, 3.05) is 25.6 Å². The van der Waals surface area contributed by atoms with Gasteiger partial charge in [-0.15, -0.1) is 0 Å². The summed E-state index contributed by atoms with van der Waals surface area (Å²) in [6.07, 6.45) is 5.93. The molecule has 4 aromatic rings. The number of aliphatic imine (C=N–C) groups is 1. The number of carbonyl (C=O) groups excluding carboxylic acids is 1. The number of aromatic nitrogens is 3. The Morgan fingerprint density at radius 1 is 1.32 bits per heavy atom. The topological polar surface area (TPSA) is 116 Å². The quantitative estimate of drug-likeness (QED) is 0.217.